The van der Waals surface area contributed by atoms with Crippen LogP contribution >= 0.6 is 11.6 Å². The van der Waals surface area contributed by atoms with Gasteiger partial charge in [-0.2, -0.15) is 0 Å². The summed E-state index contributed by atoms with van der Waals surface area (Å²) in [6.45, 7) is 5.87. The summed E-state index contributed by atoms with van der Waals surface area (Å²) >= 11 is 5.51. The minimum atomic E-state index is 0.353. The van der Waals surface area contributed by atoms with Crippen LogP contribution in [0.2, 0.25) is 0 Å². The van der Waals surface area contributed by atoms with Crippen molar-refractivity contribution in [1.29, 1.82) is 0 Å². The van der Waals surface area contributed by atoms with E-state index in [4.69, 9.17) is 21.1 Å². The highest BCUT2D eigenvalue weighted by atomic mass is 35.5. The second-order valence-corrected chi connectivity index (χ2v) is 3.73. The summed E-state index contributed by atoms with van der Waals surface area (Å²) in [5.41, 5.74) is 2.03. The molecule has 0 heterocycles. The minimum absolute atomic E-state index is 0.353. The minimum Gasteiger partial charge on any atom is -0.491 e. The summed E-state index contributed by atoms with van der Waals surface area (Å²) in [7, 11) is 0. The smallest absolute Gasteiger partial charge is 0.122 e. The molecule has 0 bridgehead atoms. The van der Waals surface area contributed by atoms with Gasteiger partial charge in [0.25, 0.3) is 0 Å². The van der Waals surface area contributed by atoms with Crippen molar-refractivity contribution in [3.63, 3.8) is 0 Å². The molecule has 2 nitrogen and oxygen atoms in total. The van der Waals surface area contributed by atoms with Gasteiger partial charge in [0.2, 0.25) is 0 Å². The molecule has 0 aromatic heterocycles. The van der Waals surface area contributed by atoms with Crippen LogP contribution < -0.4 is 4.74 Å². The van der Waals surface area contributed by atoms with Gasteiger partial charge in [0.15, 0.2) is 0 Å². The highest BCUT2D eigenvalue weighted by Gasteiger charge is 1.99. The summed E-state index contributed by atoms with van der Waals surface area (Å²) in [6.07, 6.45) is 0. The van der Waals surface area contributed by atoms with Crippen LogP contribution in [-0.2, 0) is 4.74 Å². The standard InChI is InChI=1S/C14H17ClO2/c1-3-16-9-10-17-14-7-6-13(5-4-8-15)11-12(14)2/h6-7,11H,3,8-10H2,1-2H3. The van der Waals surface area contributed by atoms with Crippen LogP contribution in [0.15, 0.2) is 18.2 Å². The van der Waals surface area contributed by atoms with Crippen molar-refractivity contribution in [3.8, 4) is 17.6 Å². The van der Waals surface area contributed by atoms with E-state index >= 15 is 0 Å². The lowest BCUT2D eigenvalue weighted by molar-refractivity contribution is 0.110. The highest BCUT2D eigenvalue weighted by molar-refractivity contribution is 6.19. The fraction of sp³-hybridized carbons (Fsp3) is 0.429. The quantitative estimate of drug-likeness (QED) is 0.456. The summed E-state index contributed by atoms with van der Waals surface area (Å²) in [5.74, 6) is 7.03. The zero-order chi connectivity index (χ0) is 12.5. The Kier molecular flexibility index (Phi) is 6.54. The molecule has 17 heavy (non-hydrogen) atoms. The second-order valence-electron chi connectivity index (χ2n) is 3.46. The largest absolute Gasteiger partial charge is 0.491 e. The van der Waals surface area contributed by atoms with Crippen LogP contribution in [0.3, 0.4) is 0 Å². The van der Waals surface area contributed by atoms with Crippen LogP contribution in [-0.4, -0.2) is 25.7 Å². The average molecular weight is 253 g/mol. The molecule has 0 fully saturated rings. The molecule has 1 rings (SSSR count). The molecule has 0 amide bonds. The third-order valence-corrected chi connectivity index (χ3v) is 2.30. The molecule has 3 heteroatoms. The van der Waals surface area contributed by atoms with Gasteiger partial charge in [-0.3, -0.25) is 0 Å². The molecule has 0 aliphatic heterocycles. The SMILES string of the molecule is CCOCCOc1ccc(C#CCCl)cc1C. The van der Waals surface area contributed by atoms with Gasteiger partial charge in [0.1, 0.15) is 12.4 Å². The average Bonchev–Trinajstić information content (AvgIpc) is 2.34. The molecule has 1 aromatic rings. The molecule has 0 saturated heterocycles. The van der Waals surface area contributed by atoms with Crippen molar-refractivity contribution in [2.45, 2.75) is 13.8 Å². The Balaban J connectivity index is 2.57. The fourth-order valence-corrected chi connectivity index (χ4v) is 1.45. The monoisotopic (exact) mass is 252 g/mol. The van der Waals surface area contributed by atoms with E-state index in [2.05, 4.69) is 11.8 Å². The first-order chi connectivity index (χ1) is 8.27. The van der Waals surface area contributed by atoms with Gasteiger partial charge in [0, 0.05) is 12.2 Å². The first-order valence-electron chi connectivity index (χ1n) is 5.64. The number of benzene rings is 1. The molecule has 1 aromatic carbocycles. The Hall–Kier alpha value is -1.17. The van der Waals surface area contributed by atoms with Crippen molar-refractivity contribution in [3.05, 3.63) is 29.3 Å². The topological polar surface area (TPSA) is 18.5 Å². The summed E-state index contributed by atoms with van der Waals surface area (Å²) < 4.78 is 10.8. The summed E-state index contributed by atoms with van der Waals surface area (Å²) in [4.78, 5) is 0. The number of rotatable bonds is 5. The van der Waals surface area contributed by atoms with Gasteiger partial charge < -0.3 is 9.47 Å². The molecule has 0 spiro atoms. The lowest BCUT2D eigenvalue weighted by atomic mass is 10.1. The number of ether oxygens (including phenoxy) is 2. The molecule has 0 unspecified atom stereocenters. The van der Waals surface area contributed by atoms with E-state index in [1.807, 2.05) is 32.0 Å². The first-order valence-corrected chi connectivity index (χ1v) is 6.17. The van der Waals surface area contributed by atoms with Crippen LogP contribution in [0.4, 0.5) is 0 Å². The number of hydrogen-bond donors (Lipinski definition) is 0. The van der Waals surface area contributed by atoms with Crippen LogP contribution in [0.1, 0.15) is 18.1 Å². The van der Waals surface area contributed by atoms with E-state index in [-0.39, 0.29) is 0 Å². The van der Waals surface area contributed by atoms with Crippen molar-refractivity contribution in [2.24, 2.45) is 0 Å². The summed E-state index contributed by atoms with van der Waals surface area (Å²) in [6, 6.07) is 5.86. The molecule has 0 atom stereocenters. The third-order valence-electron chi connectivity index (χ3n) is 2.16. The van der Waals surface area contributed by atoms with Crippen LogP contribution in [0.25, 0.3) is 0 Å². The third kappa shape index (κ3) is 5.12. The second kappa shape index (κ2) is 8.00. The predicted molar refractivity (Wildman–Crippen MR) is 70.8 cm³/mol. The Morgan fingerprint density at radius 3 is 2.76 bits per heavy atom. The van der Waals surface area contributed by atoms with Crippen LogP contribution in [0.5, 0.6) is 5.75 Å². The number of alkyl halides is 1. The van der Waals surface area contributed by atoms with E-state index in [1.54, 1.807) is 0 Å². The van der Waals surface area contributed by atoms with Crippen molar-refractivity contribution in [2.75, 3.05) is 25.7 Å². The van der Waals surface area contributed by atoms with Crippen LogP contribution in [0, 0.1) is 18.8 Å². The molecular weight excluding hydrogens is 236 g/mol. The lowest BCUT2D eigenvalue weighted by Crippen LogP contribution is -2.07. The van der Waals surface area contributed by atoms with Crippen molar-refractivity contribution >= 4 is 11.6 Å². The molecule has 92 valence electrons. The van der Waals surface area contributed by atoms with Gasteiger partial charge >= 0.3 is 0 Å². The molecule has 0 aliphatic rings. The van der Waals surface area contributed by atoms with Gasteiger partial charge in [-0.05, 0) is 37.6 Å². The Labute approximate surface area is 108 Å². The number of halogens is 1. The first kappa shape index (κ1) is 13.9. The Morgan fingerprint density at radius 1 is 1.29 bits per heavy atom. The molecule has 0 N–H and O–H groups in total. The van der Waals surface area contributed by atoms with E-state index < -0.39 is 0 Å². The van der Waals surface area contributed by atoms with Gasteiger partial charge in [-0.1, -0.05) is 11.8 Å². The van der Waals surface area contributed by atoms with Crippen molar-refractivity contribution in [1.82, 2.24) is 0 Å². The Bertz CT molecular complexity index is 404. The molecule has 0 radical (unpaired) electrons. The fourth-order valence-electron chi connectivity index (χ4n) is 1.38. The lowest BCUT2D eigenvalue weighted by Gasteiger charge is -2.09. The highest BCUT2D eigenvalue weighted by Crippen LogP contribution is 2.18. The maximum atomic E-state index is 5.60. The van der Waals surface area contributed by atoms with E-state index in [1.165, 1.54) is 0 Å². The predicted octanol–water partition coefficient (Wildman–Crippen LogP) is 3.00. The zero-order valence-electron chi connectivity index (χ0n) is 10.3. The van der Waals surface area contributed by atoms with Crippen molar-refractivity contribution < 1.29 is 9.47 Å². The maximum Gasteiger partial charge on any atom is 0.122 e. The zero-order valence-corrected chi connectivity index (χ0v) is 11.0. The molecule has 0 saturated carbocycles. The Morgan fingerprint density at radius 2 is 2.12 bits per heavy atom. The van der Waals surface area contributed by atoms with E-state index in [9.17, 15) is 0 Å². The normalized spacial score (nSPS) is 9.59. The number of aryl methyl sites for hydroxylation is 1. The van der Waals surface area contributed by atoms with Gasteiger partial charge in [-0.15, -0.1) is 11.6 Å². The molecule has 0 aliphatic carbocycles. The molecular formula is C14H17ClO2. The van der Waals surface area contributed by atoms with E-state index in [0.29, 0.717) is 19.1 Å². The maximum absolute atomic E-state index is 5.60. The van der Waals surface area contributed by atoms with E-state index in [0.717, 1.165) is 23.5 Å². The van der Waals surface area contributed by atoms with Gasteiger partial charge in [0.05, 0.1) is 12.5 Å². The van der Waals surface area contributed by atoms with Gasteiger partial charge in [-0.25, -0.2) is 0 Å². The number of hydrogen-bond acceptors (Lipinski definition) is 2. The summed E-state index contributed by atoms with van der Waals surface area (Å²) in [5, 5.41) is 0.